The highest BCUT2D eigenvalue weighted by atomic mass is 16.4. The summed E-state index contributed by atoms with van der Waals surface area (Å²) >= 11 is 0. The molecule has 0 unspecified atom stereocenters. The highest BCUT2D eigenvalue weighted by molar-refractivity contribution is 5.45. The third kappa shape index (κ3) is 2.30. The van der Waals surface area contributed by atoms with Gasteiger partial charge in [-0.15, -0.1) is 0 Å². The van der Waals surface area contributed by atoms with Gasteiger partial charge in [-0.2, -0.15) is 5.26 Å². The molecular weight excluding hydrogens is 190 g/mol. The van der Waals surface area contributed by atoms with Crippen LogP contribution in [0.25, 0.3) is 0 Å². The second kappa shape index (κ2) is 4.35. The van der Waals surface area contributed by atoms with Gasteiger partial charge >= 0.3 is 0 Å². The van der Waals surface area contributed by atoms with Crippen molar-refractivity contribution in [2.45, 2.75) is 45.1 Å². The van der Waals surface area contributed by atoms with Crippen LogP contribution in [-0.4, -0.2) is 11.0 Å². The summed E-state index contributed by atoms with van der Waals surface area (Å²) in [5.74, 6) is 1.09. The van der Waals surface area contributed by atoms with E-state index in [-0.39, 0.29) is 0 Å². The highest BCUT2D eigenvalue weighted by Gasteiger charge is 2.17. The number of aromatic nitrogens is 1. The van der Waals surface area contributed by atoms with Gasteiger partial charge in [0.25, 0.3) is 0 Å². The molecule has 0 atom stereocenters. The van der Waals surface area contributed by atoms with Crippen LogP contribution in [0.5, 0.6) is 0 Å². The van der Waals surface area contributed by atoms with E-state index in [1.807, 2.05) is 6.07 Å². The summed E-state index contributed by atoms with van der Waals surface area (Å²) in [6, 6.07) is 2.48. The summed E-state index contributed by atoms with van der Waals surface area (Å²) in [7, 11) is 0. The molecule has 0 aliphatic heterocycles. The smallest absolute Gasteiger partial charge is 0.232 e. The molecule has 1 fully saturated rings. The van der Waals surface area contributed by atoms with E-state index in [2.05, 4.69) is 10.3 Å². The van der Waals surface area contributed by atoms with Crippen LogP contribution in [-0.2, 0) is 0 Å². The van der Waals surface area contributed by atoms with Gasteiger partial charge in [-0.05, 0) is 12.8 Å². The van der Waals surface area contributed by atoms with Crippen LogP contribution in [0.4, 0.5) is 5.88 Å². The molecule has 1 N–H and O–H groups in total. The number of nitrogens with zero attached hydrogens (tertiary/aromatic N) is 2. The maximum absolute atomic E-state index is 8.85. The van der Waals surface area contributed by atoms with E-state index in [1.54, 1.807) is 6.92 Å². The largest absolute Gasteiger partial charge is 0.424 e. The zero-order valence-corrected chi connectivity index (χ0v) is 8.92. The van der Waals surface area contributed by atoms with Gasteiger partial charge in [-0.1, -0.05) is 19.3 Å². The van der Waals surface area contributed by atoms with Gasteiger partial charge < -0.3 is 9.73 Å². The molecule has 1 aliphatic carbocycles. The number of hydrogen-bond acceptors (Lipinski definition) is 4. The molecule has 1 aromatic rings. The van der Waals surface area contributed by atoms with Crippen LogP contribution in [0.1, 0.15) is 43.7 Å². The average molecular weight is 205 g/mol. The lowest BCUT2D eigenvalue weighted by Crippen LogP contribution is -2.22. The predicted molar refractivity (Wildman–Crippen MR) is 56.5 cm³/mol. The van der Waals surface area contributed by atoms with Crippen LogP contribution >= 0.6 is 0 Å². The molecule has 15 heavy (non-hydrogen) atoms. The molecule has 4 nitrogen and oxygen atoms in total. The Labute approximate surface area is 89.3 Å². The van der Waals surface area contributed by atoms with Gasteiger partial charge in [0, 0.05) is 13.0 Å². The molecule has 1 aromatic heterocycles. The molecule has 4 heteroatoms. The van der Waals surface area contributed by atoms with Gasteiger partial charge in [0.2, 0.25) is 11.6 Å². The molecule has 1 heterocycles. The zero-order valence-electron chi connectivity index (χ0n) is 8.92. The number of anilines is 1. The lowest BCUT2D eigenvalue weighted by molar-refractivity contribution is 0.446. The van der Waals surface area contributed by atoms with Crippen molar-refractivity contribution >= 4 is 5.88 Å². The minimum atomic E-state index is 0.373. The van der Waals surface area contributed by atoms with Crippen molar-refractivity contribution in [1.29, 1.82) is 5.26 Å². The lowest BCUT2D eigenvalue weighted by atomic mass is 9.95. The molecule has 2 rings (SSSR count). The second-order valence-electron chi connectivity index (χ2n) is 4.00. The zero-order chi connectivity index (χ0) is 10.7. The first kappa shape index (κ1) is 10.0. The van der Waals surface area contributed by atoms with Gasteiger partial charge in [0.05, 0.1) is 0 Å². The van der Waals surface area contributed by atoms with E-state index in [0.717, 1.165) is 12.8 Å². The van der Waals surface area contributed by atoms with Crippen molar-refractivity contribution in [3.05, 3.63) is 11.6 Å². The molecule has 1 aliphatic rings. The predicted octanol–water partition coefficient (Wildman–Crippen LogP) is 2.60. The monoisotopic (exact) mass is 205 g/mol. The summed E-state index contributed by atoms with van der Waals surface area (Å²) in [4.78, 5) is 4.00. The third-order valence-corrected chi connectivity index (χ3v) is 2.78. The van der Waals surface area contributed by atoms with Crippen molar-refractivity contribution in [3.8, 4) is 6.07 Å². The number of hydrogen-bond donors (Lipinski definition) is 1. The van der Waals surface area contributed by atoms with Gasteiger partial charge in [0.1, 0.15) is 6.07 Å². The van der Waals surface area contributed by atoms with Crippen molar-refractivity contribution in [1.82, 2.24) is 4.98 Å². The van der Waals surface area contributed by atoms with Gasteiger partial charge in [-0.3, -0.25) is 0 Å². The fourth-order valence-electron chi connectivity index (χ4n) is 2.03. The molecule has 0 saturated heterocycles. The molecule has 1 saturated carbocycles. The quantitative estimate of drug-likeness (QED) is 0.806. The molecule has 0 aromatic carbocycles. The minimum absolute atomic E-state index is 0.373. The Hall–Kier alpha value is -1.50. The number of nitriles is 1. The number of rotatable bonds is 2. The van der Waals surface area contributed by atoms with Crippen LogP contribution in [0.15, 0.2) is 4.42 Å². The first-order valence-corrected chi connectivity index (χ1v) is 5.43. The van der Waals surface area contributed by atoms with Crippen molar-refractivity contribution in [2.24, 2.45) is 0 Å². The fourth-order valence-corrected chi connectivity index (χ4v) is 2.03. The Morgan fingerprint density at radius 1 is 1.40 bits per heavy atom. The standard InChI is InChI=1S/C11H15N3O/c1-8-13-10(7-12)11(15-8)14-9-5-3-2-4-6-9/h9,14H,2-6H2,1H3. The maximum Gasteiger partial charge on any atom is 0.232 e. The van der Waals surface area contributed by atoms with E-state index in [4.69, 9.17) is 9.68 Å². The fraction of sp³-hybridized carbons (Fsp3) is 0.636. The van der Waals surface area contributed by atoms with Crippen LogP contribution in [0.3, 0.4) is 0 Å². The molecule has 80 valence electrons. The van der Waals surface area contributed by atoms with Crippen LogP contribution in [0, 0.1) is 18.3 Å². The van der Waals surface area contributed by atoms with Crippen LogP contribution < -0.4 is 5.32 Å². The Morgan fingerprint density at radius 2 is 2.13 bits per heavy atom. The van der Waals surface area contributed by atoms with Gasteiger partial charge in [-0.25, -0.2) is 4.98 Å². The second-order valence-corrected chi connectivity index (χ2v) is 4.00. The Kier molecular flexibility index (Phi) is 2.91. The molecule has 0 bridgehead atoms. The summed E-state index contributed by atoms with van der Waals surface area (Å²) < 4.78 is 5.36. The molecular formula is C11H15N3O. The normalized spacial score (nSPS) is 17.3. The van der Waals surface area contributed by atoms with E-state index in [0.29, 0.717) is 23.5 Å². The summed E-state index contributed by atoms with van der Waals surface area (Å²) in [6.45, 7) is 1.76. The topological polar surface area (TPSA) is 61.9 Å². The SMILES string of the molecule is Cc1nc(C#N)c(NC2CCCCC2)o1. The first-order valence-electron chi connectivity index (χ1n) is 5.43. The Bertz CT molecular complexity index is 372. The Balaban J connectivity index is 2.06. The van der Waals surface area contributed by atoms with E-state index in [9.17, 15) is 0 Å². The van der Waals surface area contributed by atoms with E-state index < -0.39 is 0 Å². The average Bonchev–Trinajstić information content (AvgIpc) is 2.60. The van der Waals surface area contributed by atoms with Crippen LogP contribution in [0.2, 0.25) is 0 Å². The Morgan fingerprint density at radius 3 is 2.80 bits per heavy atom. The molecule has 0 amide bonds. The van der Waals surface area contributed by atoms with E-state index >= 15 is 0 Å². The summed E-state index contributed by atoms with van der Waals surface area (Å²) in [6.07, 6.45) is 6.15. The van der Waals surface area contributed by atoms with E-state index in [1.165, 1.54) is 19.3 Å². The maximum atomic E-state index is 8.85. The first-order chi connectivity index (χ1) is 7.29. The summed E-state index contributed by atoms with van der Waals surface area (Å²) in [5.41, 5.74) is 0.373. The lowest BCUT2D eigenvalue weighted by Gasteiger charge is -2.22. The summed E-state index contributed by atoms with van der Waals surface area (Å²) in [5, 5.41) is 12.1. The van der Waals surface area contributed by atoms with Crippen molar-refractivity contribution < 1.29 is 4.42 Å². The number of oxazole rings is 1. The van der Waals surface area contributed by atoms with Crippen molar-refractivity contribution in [3.63, 3.8) is 0 Å². The highest BCUT2D eigenvalue weighted by Crippen LogP contribution is 2.23. The molecule has 0 radical (unpaired) electrons. The van der Waals surface area contributed by atoms with Gasteiger partial charge in [0.15, 0.2) is 5.89 Å². The minimum Gasteiger partial charge on any atom is -0.424 e. The van der Waals surface area contributed by atoms with Crippen molar-refractivity contribution in [2.75, 3.05) is 5.32 Å². The molecule has 0 spiro atoms. The third-order valence-electron chi connectivity index (χ3n) is 2.78. The number of nitrogens with one attached hydrogen (secondary N) is 1. The number of aryl methyl sites for hydroxylation is 1.